The molecule has 0 bridgehead atoms. The zero-order valence-corrected chi connectivity index (χ0v) is 14.5. The molecule has 2 aromatic heterocycles. The van der Waals surface area contributed by atoms with Crippen molar-refractivity contribution in [2.75, 3.05) is 11.9 Å². The Balaban J connectivity index is 1.91. The predicted octanol–water partition coefficient (Wildman–Crippen LogP) is 2.51. The molecule has 25 heavy (non-hydrogen) atoms. The molecule has 3 aromatic rings. The van der Waals surface area contributed by atoms with Crippen LogP contribution in [0.25, 0.3) is 16.9 Å². The lowest BCUT2D eigenvalue weighted by molar-refractivity contribution is -0.125. The van der Waals surface area contributed by atoms with E-state index in [1.54, 1.807) is 18.9 Å². The minimum absolute atomic E-state index is 0.0606. The van der Waals surface area contributed by atoms with Crippen LogP contribution in [0.1, 0.15) is 18.2 Å². The van der Waals surface area contributed by atoms with Crippen LogP contribution in [-0.4, -0.2) is 28.4 Å². The first kappa shape index (κ1) is 15.7. The third-order valence-corrected chi connectivity index (χ3v) is 4.71. The van der Waals surface area contributed by atoms with Gasteiger partial charge in [0, 0.05) is 25.4 Å². The number of likely N-dealkylation sites (N-methyl/N-ethyl adjacent to an activating group) is 1. The van der Waals surface area contributed by atoms with Crippen LogP contribution in [0.2, 0.25) is 0 Å². The zero-order valence-electron chi connectivity index (χ0n) is 14.5. The molecular weight excluding hydrogens is 316 g/mol. The van der Waals surface area contributed by atoms with Crippen molar-refractivity contribution in [1.82, 2.24) is 9.38 Å². The second-order valence-corrected chi connectivity index (χ2v) is 6.34. The van der Waals surface area contributed by atoms with E-state index in [4.69, 9.17) is 15.5 Å². The molecule has 0 saturated heterocycles. The molecule has 1 amide bonds. The molecule has 1 atom stereocenters. The van der Waals surface area contributed by atoms with Crippen LogP contribution in [-0.2, 0) is 11.3 Å². The standard InChI is InChI=1S/C19H20N4O2/c1-11-5-4-8-23-15(10-20)17(21-18(11)23)13-6-7-16-14(9-13)22(3)19(24)12(2)25-16/h4-9,12H,10,20H2,1-3H3. The summed E-state index contributed by atoms with van der Waals surface area (Å²) in [4.78, 5) is 18.6. The van der Waals surface area contributed by atoms with E-state index in [-0.39, 0.29) is 5.91 Å². The van der Waals surface area contributed by atoms with Gasteiger partial charge in [0.1, 0.15) is 11.4 Å². The number of anilines is 1. The third kappa shape index (κ3) is 2.29. The highest BCUT2D eigenvalue weighted by atomic mass is 16.5. The molecule has 6 heteroatoms. The molecular formula is C19H20N4O2. The van der Waals surface area contributed by atoms with Crippen LogP contribution in [0, 0.1) is 6.92 Å². The van der Waals surface area contributed by atoms with E-state index in [0.717, 1.165) is 33.8 Å². The summed E-state index contributed by atoms with van der Waals surface area (Å²) >= 11 is 0. The van der Waals surface area contributed by atoms with Gasteiger partial charge in [-0.15, -0.1) is 0 Å². The summed E-state index contributed by atoms with van der Waals surface area (Å²) < 4.78 is 7.72. The van der Waals surface area contributed by atoms with E-state index in [0.29, 0.717) is 12.3 Å². The third-order valence-electron chi connectivity index (χ3n) is 4.71. The van der Waals surface area contributed by atoms with Crippen LogP contribution in [0.4, 0.5) is 5.69 Å². The Kier molecular flexibility index (Phi) is 3.51. The van der Waals surface area contributed by atoms with Gasteiger partial charge in [-0.2, -0.15) is 0 Å². The summed E-state index contributed by atoms with van der Waals surface area (Å²) in [6, 6.07) is 9.81. The number of imidazole rings is 1. The van der Waals surface area contributed by atoms with Crippen molar-refractivity contribution in [3.8, 4) is 17.0 Å². The number of hydrogen-bond acceptors (Lipinski definition) is 4. The highest BCUT2D eigenvalue weighted by Crippen LogP contribution is 2.37. The SMILES string of the molecule is Cc1cccn2c(CN)c(-c3ccc4c(c3)N(C)C(=O)C(C)O4)nc12. The van der Waals surface area contributed by atoms with Gasteiger partial charge in [0.15, 0.2) is 6.10 Å². The van der Waals surface area contributed by atoms with Gasteiger partial charge < -0.3 is 19.8 Å². The lowest BCUT2D eigenvalue weighted by Gasteiger charge is -2.30. The molecule has 1 aromatic carbocycles. The number of nitrogens with two attached hydrogens (primary N) is 1. The number of rotatable bonds is 2. The molecule has 0 spiro atoms. The van der Waals surface area contributed by atoms with Crippen molar-refractivity contribution in [2.24, 2.45) is 5.73 Å². The van der Waals surface area contributed by atoms with Crippen molar-refractivity contribution in [3.63, 3.8) is 0 Å². The van der Waals surface area contributed by atoms with Crippen LogP contribution in [0.5, 0.6) is 5.75 Å². The quantitative estimate of drug-likeness (QED) is 0.780. The number of hydrogen-bond donors (Lipinski definition) is 1. The first-order chi connectivity index (χ1) is 12.0. The van der Waals surface area contributed by atoms with E-state index in [1.807, 2.05) is 47.9 Å². The van der Waals surface area contributed by atoms with E-state index in [2.05, 4.69) is 0 Å². The molecule has 4 rings (SSSR count). The van der Waals surface area contributed by atoms with E-state index >= 15 is 0 Å². The lowest BCUT2D eigenvalue weighted by atomic mass is 10.1. The largest absolute Gasteiger partial charge is 0.479 e. The van der Waals surface area contributed by atoms with Gasteiger partial charge in [-0.25, -0.2) is 4.98 Å². The van der Waals surface area contributed by atoms with Crippen molar-refractivity contribution in [3.05, 3.63) is 47.8 Å². The Bertz CT molecular complexity index is 992. The number of aryl methyl sites for hydroxylation is 1. The maximum atomic E-state index is 12.2. The fourth-order valence-corrected chi connectivity index (χ4v) is 3.34. The molecule has 128 valence electrons. The molecule has 0 fully saturated rings. The molecule has 0 aliphatic carbocycles. The molecule has 2 N–H and O–H groups in total. The Morgan fingerprint density at radius 3 is 2.88 bits per heavy atom. The Hall–Kier alpha value is -2.86. The summed E-state index contributed by atoms with van der Waals surface area (Å²) in [7, 11) is 1.77. The number of carbonyl (C=O) groups is 1. The average molecular weight is 336 g/mol. The summed E-state index contributed by atoms with van der Waals surface area (Å²) in [5.74, 6) is 0.641. The first-order valence-corrected chi connectivity index (χ1v) is 8.26. The Morgan fingerprint density at radius 1 is 1.32 bits per heavy atom. The average Bonchev–Trinajstić information content (AvgIpc) is 2.99. The molecule has 3 heterocycles. The van der Waals surface area contributed by atoms with Crippen LogP contribution >= 0.6 is 0 Å². The predicted molar refractivity (Wildman–Crippen MR) is 96.8 cm³/mol. The molecule has 1 aliphatic rings. The Morgan fingerprint density at radius 2 is 2.12 bits per heavy atom. The number of benzene rings is 1. The summed E-state index contributed by atoms with van der Waals surface area (Å²) in [5.41, 5.74) is 11.4. The topological polar surface area (TPSA) is 72.9 Å². The maximum absolute atomic E-state index is 12.2. The molecule has 6 nitrogen and oxygen atoms in total. The minimum Gasteiger partial charge on any atom is -0.479 e. The second-order valence-electron chi connectivity index (χ2n) is 6.34. The maximum Gasteiger partial charge on any atom is 0.267 e. The summed E-state index contributed by atoms with van der Waals surface area (Å²) in [6.45, 7) is 4.16. The van der Waals surface area contributed by atoms with Gasteiger partial charge in [-0.3, -0.25) is 4.79 Å². The van der Waals surface area contributed by atoms with Crippen molar-refractivity contribution in [2.45, 2.75) is 26.5 Å². The van der Waals surface area contributed by atoms with E-state index in [1.165, 1.54) is 0 Å². The zero-order chi connectivity index (χ0) is 17.7. The number of carbonyl (C=O) groups excluding carboxylic acids is 1. The number of aromatic nitrogens is 2. The molecule has 1 aliphatic heterocycles. The number of ether oxygens (including phenoxy) is 1. The summed E-state index contributed by atoms with van der Waals surface area (Å²) in [6.07, 6.45) is 1.50. The fraction of sp³-hybridized carbons (Fsp3) is 0.263. The second kappa shape index (κ2) is 5.60. The summed E-state index contributed by atoms with van der Waals surface area (Å²) in [5, 5.41) is 0. The van der Waals surface area contributed by atoms with Crippen LogP contribution in [0.15, 0.2) is 36.5 Å². The molecule has 0 saturated carbocycles. The van der Waals surface area contributed by atoms with Crippen molar-refractivity contribution >= 4 is 17.2 Å². The molecule has 0 radical (unpaired) electrons. The van der Waals surface area contributed by atoms with Gasteiger partial charge in [-0.1, -0.05) is 6.07 Å². The smallest absolute Gasteiger partial charge is 0.267 e. The van der Waals surface area contributed by atoms with Crippen molar-refractivity contribution in [1.29, 1.82) is 0 Å². The van der Waals surface area contributed by atoms with Crippen LogP contribution in [0.3, 0.4) is 0 Å². The van der Waals surface area contributed by atoms with Crippen LogP contribution < -0.4 is 15.4 Å². The van der Waals surface area contributed by atoms with E-state index < -0.39 is 6.10 Å². The highest BCUT2D eigenvalue weighted by Gasteiger charge is 2.29. The first-order valence-electron chi connectivity index (χ1n) is 8.26. The molecule has 1 unspecified atom stereocenters. The minimum atomic E-state index is -0.471. The Labute approximate surface area is 145 Å². The fourth-order valence-electron chi connectivity index (χ4n) is 3.34. The van der Waals surface area contributed by atoms with Gasteiger partial charge in [-0.05, 0) is 43.7 Å². The highest BCUT2D eigenvalue weighted by molar-refractivity contribution is 6.00. The van der Waals surface area contributed by atoms with Gasteiger partial charge in [0.25, 0.3) is 5.91 Å². The van der Waals surface area contributed by atoms with Gasteiger partial charge in [0.2, 0.25) is 0 Å². The number of pyridine rings is 1. The van der Waals surface area contributed by atoms with Gasteiger partial charge >= 0.3 is 0 Å². The number of fused-ring (bicyclic) bond motifs is 2. The number of nitrogens with zero attached hydrogens (tertiary/aromatic N) is 3. The normalized spacial score (nSPS) is 16.9. The number of amides is 1. The monoisotopic (exact) mass is 336 g/mol. The van der Waals surface area contributed by atoms with Crippen molar-refractivity contribution < 1.29 is 9.53 Å². The van der Waals surface area contributed by atoms with E-state index in [9.17, 15) is 4.79 Å². The lowest BCUT2D eigenvalue weighted by Crippen LogP contribution is -2.41. The van der Waals surface area contributed by atoms with Gasteiger partial charge in [0.05, 0.1) is 17.1 Å².